The Bertz CT molecular complexity index is 538. The van der Waals surface area contributed by atoms with Gasteiger partial charge in [0.1, 0.15) is 0 Å². The first-order valence-electron chi connectivity index (χ1n) is 6.57. The van der Waals surface area contributed by atoms with Gasteiger partial charge in [-0.1, -0.05) is 50.0 Å². The maximum Gasteiger partial charge on any atom is 0.305 e. The summed E-state index contributed by atoms with van der Waals surface area (Å²) in [6.07, 6.45) is 0.407. The molecule has 0 aromatic heterocycles. The number of halogens is 2. The highest BCUT2D eigenvalue weighted by atomic mass is 35.5. The second-order valence-corrected chi connectivity index (χ2v) is 6.92. The predicted molar refractivity (Wildman–Crippen MR) is 84.0 cm³/mol. The lowest BCUT2D eigenvalue weighted by atomic mass is 9.87. The van der Waals surface area contributed by atoms with Crippen LogP contribution < -0.4 is 5.32 Å². The van der Waals surface area contributed by atoms with Gasteiger partial charge in [-0.25, -0.2) is 0 Å². The number of carbonyl (C=O) groups excluding carboxylic acids is 1. The van der Waals surface area contributed by atoms with Gasteiger partial charge in [0, 0.05) is 6.04 Å². The normalized spacial score (nSPS) is 12.8. The van der Waals surface area contributed by atoms with Crippen molar-refractivity contribution in [3.63, 3.8) is 0 Å². The number of carboxylic acids is 1. The van der Waals surface area contributed by atoms with Gasteiger partial charge in [0.2, 0.25) is 0 Å². The summed E-state index contributed by atoms with van der Waals surface area (Å²) < 4.78 is 0. The molecule has 1 aromatic rings. The molecule has 1 aromatic carbocycles. The fourth-order valence-corrected chi connectivity index (χ4v) is 2.45. The van der Waals surface area contributed by atoms with Crippen molar-refractivity contribution in [1.82, 2.24) is 5.32 Å². The maximum atomic E-state index is 12.2. The number of carboxylic acid groups (broad SMARTS) is 1. The number of nitrogens with one attached hydrogen (secondary N) is 1. The van der Waals surface area contributed by atoms with Crippen LogP contribution in [0.5, 0.6) is 0 Å². The molecule has 0 radical (unpaired) electrons. The zero-order chi connectivity index (χ0) is 16.2. The molecule has 4 nitrogen and oxygen atoms in total. The highest BCUT2D eigenvalue weighted by Crippen LogP contribution is 2.26. The maximum absolute atomic E-state index is 12.2. The lowest BCUT2D eigenvalue weighted by molar-refractivity contribution is -0.137. The van der Waals surface area contributed by atoms with Crippen molar-refractivity contribution in [2.45, 2.75) is 39.7 Å². The van der Waals surface area contributed by atoms with Crippen molar-refractivity contribution in [3.05, 3.63) is 33.8 Å². The number of hydrogen-bond acceptors (Lipinski definition) is 2. The van der Waals surface area contributed by atoms with E-state index in [1.54, 1.807) is 18.2 Å². The lowest BCUT2D eigenvalue weighted by Gasteiger charge is -2.26. The van der Waals surface area contributed by atoms with Crippen molar-refractivity contribution in [1.29, 1.82) is 0 Å². The number of amides is 1. The topological polar surface area (TPSA) is 66.4 Å². The molecule has 0 aliphatic rings. The van der Waals surface area contributed by atoms with Crippen LogP contribution in [0.2, 0.25) is 10.0 Å². The molecule has 1 amide bonds. The third-order valence-corrected chi connectivity index (χ3v) is 3.63. The van der Waals surface area contributed by atoms with Crippen molar-refractivity contribution in [3.8, 4) is 0 Å². The van der Waals surface area contributed by atoms with E-state index in [1.165, 1.54) is 0 Å². The molecular weight excluding hydrogens is 313 g/mol. The van der Waals surface area contributed by atoms with Crippen LogP contribution in [0.1, 0.15) is 44.0 Å². The van der Waals surface area contributed by atoms with Gasteiger partial charge < -0.3 is 10.4 Å². The summed E-state index contributed by atoms with van der Waals surface area (Å²) in [5, 5.41) is 12.1. The number of carbonyl (C=O) groups is 2. The van der Waals surface area contributed by atoms with Crippen molar-refractivity contribution in [2.24, 2.45) is 5.41 Å². The molecule has 0 spiro atoms. The van der Waals surface area contributed by atoms with Gasteiger partial charge >= 0.3 is 5.97 Å². The Morgan fingerprint density at radius 1 is 1.29 bits per heavy atom. The first kappa shape index (κ1) is 17.8. The fourth-order valence-electron chi connectivity index (χ4n) is 2.07. The number of benzene rings is 1. The zero-order valence-corrected chi connectivity index (χ0v) is 13.8. The predicted octanol–water partition coefficient (Wildman–Crippen LogP) is 4.00. The van der Waals surface area contributed by atoms with Crippen LogP contribution in [0.4, 0.5) is 0 Å². The highest BCUT2D eigenvalue weighted by molar-refractivity contribution is 6.43. The SMILES string of the molecule is CC(C)(C)CC(CC(=O)O)NC(=O)c1cccc(Cl)c1Cl. The Hall–Kier alpha value is -1.26. The average Bonchev–Trinajstić information content (AvgIpc) is 2.29. The van der Waals surface area contributed by atoms with Gasteiger partial charge in [-0.3, -0.25) is 9.59 Å². The summed E-state index contributed by atoms with van der Waals surface area (Å²) in [6.45, 7) is 5.96. The molecular formula is C15H19Cl2NO3. The lowest BCUT2D eigenvalue weighted by Crippen LogP contribution is -2.39. The Kier molecular flexibility index (Phi) is 6.05. The Morgan fingerprint density at radius 3 is 2.43 bits per heavy atom. The minimum absolute atomic E-state index is 0.106. The Morgan fingerprint density at radius 2 is 1.90 bits per heavy atom. The average molecular weight is 332 g/mol. The van der Waals surface area contributed by atoms with E-state index in [4.69, 9.17) is 28.3 Å². The molecule has 0 heterocycles. The van der Waals surface area contributed by atoms with E-state index < -0.39 is 17.9 Å². The molecule has 1 rings (SSSR count). The number of rotatable bonds is 5. The fraction of sp³-hybridized carbons (Fsp3) is 0.467. The number of hydrogen-bond donors (Lipinski definition) is 2. The van der Waals surface area contributed by atoms with Gasteiger partial charge in [0.25, 0.3) is 5.91 Å². The van der Waals surface area contributed by atoms with E-state index in [0.29, 0.717) is 6.42 Å². The molecule has 6 heteroatoms. The molecule has 0 aliphatic carbocycles. The summed E-state index contributed by atoms with van der Waals surface area (Å²) >= 11 is 11.9. The minimum Gasteiger partial charge on any atom is -0.481 e. The standard InChI is InChI=1S/C15H19Cl2NO3/c1-15(2,3)8-9(7-12(19)20)18-14(21)10-5-4-6-11(16)13(10)17/h4-6,9H,7-8H2,1-3H3,(H,18,21)(H,19,20). The van der Waals surface area contributed by atoms with Crippen LogP contribution >= 0.6 is 23.2 Å². The quantitative estimate of drug-likeness (QED) is 0.856. The summed E-state index contributed by atoms with van der Waals surface area (Å²) in [5.74, 6) is -1.38. The van der Waals surface area contributed by atoms with Crippen LogP contribution in [-0.2, 0) is 4.79 Å². The largest absolute Gasteiger partial charge is 0.481 e. The van der Waals surface area contributed by atoms with Crippen LogP contribution in [0.15, 0.2) is 18.2 Å². The summed E-state index contributed by atoms with van der Waals surface area (Å²) in [7, 11) is 0. The summed E-state index contributed by atoms with van der Waals surface area (Å²) in [6, 6.07) is 4.30. The molecule has 0 aliphatic heterocycles. The molecule has 0 bridgehead atoms. The molecule has 1 unspecified atom stereocenters. The zero-order valence-electron chi connectivity index (χ0n) is 12.2. The molecule has 2 N–H and O–H groups in total. The van der Waals surface area contributed by atoms with Gasteiger partial charge in [0.05, 0.1) is 22.0 Å². The third kappa shape index (κ3) is 5.94. The van der Waals surface area contributed by atoms with Gasteiger partial charge in [-0.15, -0.1) is 0 Å². The van der Waals surface area contributed by atoms with Crippen molar-refractivity contribution < 1.29 is 14.7 Å². The highest BCUT2D eigenvalue weighted by Gasteiger charge is 2.24. The van der Waals surface area contributed by atoms with Crippen LogP contribution in [-0.4, -0.2) is 23.0 Å². The van der Waals surface area contributed by atoms with Gasteiger partial charge in [-0.05, 0) is 24.0 Å². The van der Waals surface area contributed by atoms with E-state index in [0.717, 1.165) is 0 Å². The Balaban J connectivity index is 2.89. The molecule has 0 saturated carbocycles. The van der Waals surface area contributed by atoms with E-state index in [9.17, 15) is 9.59 Å². The van der Waals surface area contributed by atoms with Crippen LogP contribution in [0.3, 0.4) is 0 Å². The monoisotopic (exact) mass is 331 g/mol. The van der Waals surface area contributed by atoms with Crippen molar-refractivity contribution in [2.75, 3.05) is 0 Å². The first-order chi connectivity index (χ1) is 9.60. The van der Waals surface area contributed by atoms with E-state index in [-0.39, 0.29) is 27.4 Å². The van der Waals surface area contributed by atoms with Crippen LogP contribution in [0.25, 0.3) is 0 Å². The summed E-state index contributed by atoms with van der Waals surface area (Å²) in [5.41, 5.74) is 0.138. The molecule has 1 atom stereocenters. The molecule has 21 heavy (non-hydrogen) atoms. The minimum atomic E-state index is -0.957. The number of aliphatic carboxylic acids is 1. The van der Waals surface area contributed by atoms with Crippen LogP contribution in [0, 0.1) is 5.41 Å². The molecule has 116 valence electrons. The van der Waals surface area contributed by atoms with Gasteiger partial charge in [-0.2, -0.15) is 0 Å². The smallest absolute Gasteiger partial charge is 0.305 e. The second kappa shape index (κ2) is 7.14. The molecule has 0 fully saturated rings. The Labute approximate surface area is 134 Å². The third-order valence-electron chi connectivity index (χ3n) is 2.81. The first-order valence-corrected chi connectivity index (χ1v) is 7.32. The van der Waals surface area contributed by atoms with E-state index in [2.05, 4.69) is 5.32 Å². The van der Waals surface area contributed by atoms with E-state index in [1.807, 2.05) is 20.8 Å². The molecule has 0 saturated heterocycles. The van der Waals surface area contributed by atoms with Gasteiger partial charge in [0.15, 0.2) is 0 Å². The second-order valence-electron chi connectivity index (χ2n) is 6.13. The van der Waals surface area contributed by atoms with Crippen molar-refractivity contribution >= 4 is 35.1 Å². The summed E-state index contributed by atoms with van der Waals surface area (Å²) in [4.78, 5) is 23.2. The van der Waals surface area contributed by atoms with E-state index >= 15 is 0 Å².